The fraction of sp³-hybridized carbons (Fsp3) is 0.414. The lowest BCUT2D eigenvalue weighted by Gasteiger charge is -2.32. The van der Waals surface area contributed by atoms with Gasteiger partial charge in [-0.1, -0.05) is 37.1 Å². The topological polar surface area (TPSA) is 94.3 Å². The van der Waals surface area contributed by atoms with Gasteiger partial charge in [0.1, 0.15) is 0 Å². The van der Waals surface area contributed by atoms with E-state index in [1.807, 2.05) is 31.2 Å². The molecule has 182 valence electrons. The van der Waals surface area contributed by atoms with Crippen LogP contribution in [0, 0.1) is 11.3 Å². The lowest BCUT2D eigenvalue weighted by molar-refractivity contribution is 0.219. The number of nitrogens with zero attached hydrogens (tertiary/aromatic N) is 3. The van der Waals surface area contributed by atoms with Crippen molar-refractivity contribution in [3.05, 3.63) is 76.5 Å². The number of hydrazine groups is 1. The second-order valence-electron chi connectivity index (χ2n) is 10.1. The first-order chi connectivity index (χ1) is 17.0. The van der Waals surface area contributed by atoms with Crippen LogP contribution in [0.15, 0.2) is 54.2 Å². The summed E-state index contributed by atoms with van der Waals surface area (Å²) in [5, 5.41) is 14.8. The molecular weight excluding hydrogens is 432 g/mol. The van der Waals surface area contributed by atoms with Crippen molar-refractivity contribution in [3.63, 3.8) is 0 Å². The van der Waals surface area contributed by atoms with Crippen LogP contribution in [0.2, 0.25) is 0 Å². The highest BCUT2D eigenvalue weighted by Crippen LogP contribution is 2.38. The minimum Gasteiger partial charge on any atom is -0.401 e. The highest BCUT2D eigenvalue weighted by atomic mass is 15.4. The SMILES string of the molecule is C/C(N)=C1\c2ccc(C3=CCN(C4CCCC4)CC3)cc2C(Nc2cccc(C#N)c2)CCN1N. The zero-order valence-electron chi connectivity index (χ0n) is 20.6. The predicted octanol–water partition coefficient (Wildman–Crippen LogP) is 4.97. The molecule has 0 aromatic heterocycles. The molecule has 0 spiro atoms. The highest BCUT2D eigenvalue weighted by Gasteiger charge is 2.28. The van der Waals surface area contributed by atoms with E-state index in [0.29, 0.717) is 12.1 Å². The summed E-state index contributed by atoms with van der Waals surface area (Å²) < 4.78 is 0. The van der Waals surface area contributed by atoms with Gasteiger partial charge in [-0.25, -0.2) is 5.84 Å². The first-order valence-electron chi connectivity index (χ1n) is 12.9. The smallest absolute Gasteiger partial charge is 0.0992 e. The van der Waals surface area contributed by atoms with Gasteiger partial charge in [-0.2, -0.15) is 5.26 Å². The van der Waals surface area contributed by atoms with E-state index >= 15 is 0 Å². The van der Waals surface area contributed by atoms with Crippen LogP contribution in [0.4, 0.5) is 5.69 Å². The Balaban J connectivity index is 1.49. The van der Waals surface area contributed by atoms with Crippen LogP contribution in [-0.2, 0) is 0 Å². The van der Waals surface area contributed by atoms with Gasteiger partial charge in [0.2, 0.25) is 0 Å². The van der Waals surface area contributed by atoms with Gasteiger partial charge in [-0.15, -0.1) is 0 Å². The zero-order valence-corrected chi connectivity index (χ0v) is 20.6. The van der Waals surface area contributed by atoms with Crippen LogP contribution < -0.4 is 16.9 Å². The number of anilines is 1. The van der Waals surface area contributed by atoms with Gasteiger partial charge in [-0.05, 0) is 73.6 Å². The second kappa shape index (κ2) is 10.2. The summed E-state index contributed by atoms with van der Waals surface area (Å²) in [4.78, 5) is 2.66. The fourth-order valence-electron chi connectivity index (χ4n) is 5.97. The van der Waals surface area contributed by atoms with Crippen LogP contribution in [0.25, 0.3) is 11.3 Å². The Hall–Kier alpha value is -3.27. The Labute approximate surface area is 208 Å². The number of hydrogen-bond acceptors (Lipinski definition) is 6. The van der Waals surface area contributed by atoms with Gasteiger partial charge >= 0.3 is 0 Å². The normalized spacial score (nSPS) is 22.7. The number of benzene rings is 2. The first-order valence-corrected chi connectivity index (χ1v) is 12.9. The molecule has 2 heterocycles. The largest absolute Gasteiger partial charge is 0.401 e. The molecule has 5 rings (SSSR count). The lowest BCUT2D eigenvalue weighted by atomic mass is 9.90. The maximum absolute atomic E-state index is 9.34. The Morgan fingerprint density at radius 2 is 1.91 bits per heavy atom. The third kappa shape index (κ3) is 4.93. The maximum Gasteiger partial charge on any atom is 0.0992 e. The molecular formula is C29H36N6. The molecule has 0 saturated heterocycles. The minimum atomic E-state index is 0.0565. The van der Waals surface area contributed by atoms with Crippen molar-refractivity contribution in [1.29, 1.82) is 5.26 Å². The molecule has 1 aliphatic carbocycles. The van der Waals surface area contributed by atoms with Crippen molar-refractivity contribution < 1.29 is 0 Å². The predicted molar refractivity (Wildman–Crippen MR) is 143 cm³/mol. The van der Waals surface area contributed by atoms with Gasteiger partial charge in [0.05, 0.1) is 23.4 Å². The average Bonchev–Trinajstić information content (AvgIpc) is 3.38. The quantitative estimate of drug-likeness (QED) is 0.549. The third-order valence-corrected chi connectivity index (χ3v) is 7.79. The molecule has 6 heteroatoms. The number of nitrogens with one attached hydrogen (secondary N) is 1. The number of rotatable bonds is 4. The van der Waals surface area contributed by atoms with Gasteiger partial charge in [-0.3, -0.25) is 4.90 Å². The van der Waals surface area contributed by atoms with E-state index in [-0.39, 0.29) is 6.04 Å². The Morgan fingerprint density at radius 3 is 2.63 bits per heavy atom. The summed E-state index contributed by atoms with van der Waals surface area (Å²) in [6.07, 6.45) is 9.80. The van der Waals surface area contributed by atoms with Crippen LogP contribution in [0.3, 0.4) is 0 Å². The second-order valence-corrected chi connectivity index (χ2v) is 10.1. The molecule has 35 heavy (non-hydrogen) atoms. The summed E-state index contributed by atoms with van der Waals surface area (Å²) in [5.74, 6) is 6.46. The van der Waals surface area contributed by atoms with Crippen molar-refractivity contribution in [2.45, 2.75) is 57.5 Å². The molecule has 1 atom stereocenters. The Kier molecular flexibility index (Phi) is 6.81. The van der Waals surface area contributed by atoms with E-state index < -0.39 is 0 Å². The summed E-state index contributed by atoms with van der Waals surface area (Å²) in [6, 6.07) is 17.5. The van der Waals surface area contributed by atoms with E-state index in [2.05, 4.69) is 40.6 Å². The highest BCUT2D eigenvalue weighted by molar-refractivity contribution is 5.75. The molecule has 0 bridgehead atoms. The molecule has 2 aromatic rings. The van der Waals surface area contributed by atoms with Gasteiger partial charge in [0.15, 0.2) is 0 Å². The summed E-state index contributed by atoms with van der Waals surface area (Å²) in [6.45, 7) is 4.78. The summed E-state index contributed by atoms with van der Waals surface area (Å²) >= 11 is 0. The number of fused-ring (bicyclic) bond motifs is 1. The van der Waals surface area contributed by atoms with Crippen molar-refractivity contribution in [2.24, 2.45) is 11.6 Å². The number of hydrogen-bond donors (Lipinski definition) is 3. The summed E-state index contributed by atoms with van der Waals surface area (Å²) in [5.41, 5.74) is 14.5. The van der Waals surface area contributed by atoms with E-state index in [9.17, 15) is 5.26 Å². The molecule has 2 aliphatic heterocycles. The van der Waals surface area contributed by atoms with E-state index in [4.69, 9.17) is 11.6 Å². The van der Waals surface area contributed by atoms with Gasteiger partial charge < -0.3 is 16.1 Å². The standard InChI is InChI=1S/C29H36N6/c1-20(31)29-26-10-9-23(22-11-14-34(15-12-22)25-7-2-3-8-25)18-27(26)28(13-16-35(29)32)33-24-6-4-5-21(17-24)19-30/h4-6,9-11,17-18,25,28,33H,2-3,7-8,12-16,31-32H2,1H3/b29-20-. The van der Waals surface area contributed by atoms with Gasteiger partial charge in [0, 0.05) is 42.6 Å². The monoisotopic (exact) mass is 468 g/mol. The minimum absolute atomic E-state index is 0.0565. The number of nitriles is 1. The van der Waals surface area contributed by atoms with Crippen LogP contribution in [-0.4, -0.2) is 35.6 Å². The van der Waals surface area contributed by atoms with Crippen molar-refractivity contribution in [1.82, 2.24) is 9.91 Å². The molecule has 1 fully saturated rings. The molecule has 5 N–H and O–H groups in total. The molecule has 1 unspecified atom stereocenters. The lowest BCUT2D eigenvalue weighted by Crippen LogP contribution is -2.36. The first kappa shape index (κ1) is 23.5. The maximum atomic E-state index is 9.34. The Bertz CT molecular complexity index is 1180. The van der Waals surface area contributed by atoms with E-state index in [1.165, 1.54) is 42.4 Å². The average molecular weight is 469 g/mol. The van der Waals surface area contributed by atoms with E-state index in [0.717, 1.165) is 54.6 Å². The molecule has 2 aromatic carbocycles. The van der Waals surface area contributed by atoms with Crippen LogP contribution >= 0.6 is 0 Å². The molecule has 3 aliphatic rings. The van der Waals surface area contributed by atoms with Crippen LogP contribution in [0.1, 0.15) is 73.7 Å². The van der Waals surface area contributed by atoms with E-state index in [1.54, 1.807) is 5.01 Å². The Morgan fingerprint density at radius 1 is 1.09 bits per heavy atom. The molecule has 1 saturated carbocycles. The number of allylic oxidation sites excluding steroid dienone is 1. The van der Waals surface area contributed by atoms with Crippen molar-refractivity contribution in [2.75, 3.05) is 25.0 Å². The third-order valence-electron chi connectivity index (χ3n) is 7.79. The van der Waals surface area contributed by atoms with Crippen LogP contribution in [0.5, 0.6) is 0 Å². The molecule has 0 radical (unpaired) electrons. The molecule has 6 nitrogen and oxygen atoms in total. The molecule has 0 amide bonds. The fourth-order valence-corrected chi connectivity index (χ4v) is 5.97. The van der Waals surface area contributed by atoms with Crippen molar-refractivity contribution >= 4 is 17.0 Å². The van der Waals surface area contributed by atoms with Crippen molar-refractivity contribution in [3.8, 4) is 6.07 Å². The number of nitrogens with two attached hydrogens (primary N) is 2. The van der Waals surface area contributed by atoms with Gasteiger partial charge in [0.25, 0.3) is 0 Å². The summed E-state index contributed by atoms with van der Waals surface area (Å²) in [7, 11) is 0. The zero-order chi connectivity index (χ0) is 24.4.